The third-order valence-corrected chi connectivity index (χ3v) is 4.66. The van der Waals surface area contributed by atoms with Gasteiger partial charge in [-0.1, -0.05) is 39.1 Å². The van der Waals surface area contributed by atoms with Crippen molar-refractivity contribution in [3.63, 3.8) is 0 Å². The summed E-state index contributed by atoms with van der Waals surface area (Å²) in [5.74, 6) is 0. The van der Waals surface area contributed by atoms with Gasteiger partial charge in [0, 0.05) is 10.5 Å². The molecule has 0 amide bonds. The number of halogens is 3. The standard InChI is InChI=1S/C9H10BrCl2NO2S/c1-5(2)13-16(14,15)9-7(11)3-6(10)4-8(9)12/h3-5,13H,1-2H3. The molecule has 0 saturated carbocycles. The number of nitrogens with one attached hydrogen (secondary N) is 1. The summed E-state index contributed by atoms with van der Waals surface area (Å²) in [7, 11) is -3.67. The van der Waals surface area contributed by atoms with E-state index in [1.807, 2.05) is 0 Å². The molecule has 0 spiro atoms. The Kier molecular flexibility index (Phi) is 4.66. The number of hydrogen-bond donors (Lipinski definition) is 1. The zero-order valence-corrected chi connectivity index (χ0v) is 12.5. The molecule has 1 N–H and O–H groups in total. The lowest BCUT2D eigenvalue weighted by Gasteiger charge is -2.12. The van der Waals surface area contributed by atoms with Gasteiger partial charge >= 0.3 is 0 Å². The monoisotopic (exact) mass is 345 g/mol. The molecule has 0 bridgehead atoms. The topological polar surface area (TPSA) is 46.2 Å². The first-order valence-corrected chi connectivity index (χ1v) is 7.44. The van der Waals surface area contributed by atoms with E-state index in [1.165, 1.54) is 12.1 Å². The van der Waals surface area contributed by atoms with Crippen molar-refractivity contribution in [1.29, 1.82) is 0 Å². The summed E-state index contributed by atoms with van der Waals surface area (Å²) in [6.07, 6.45) is 0. The molecule has 1 rings (SSSR count). The van der Waals surface area contributed by atoms with Crippen molar-refractivity contribution in [3.8, 4) is 0 Å². The van der Waals surface area contributed by atoms with E-state index in [0.717, 1.165) is 0 Å². The molecule has 90 valence electrons. The van der Waals surface area contributed by atoms with Crippen LogP contribution in [0.25, 0.3) is 0 Å². The molecule has 0 unspecified atom stereocenters. The van der Waals surface area contributed by atoms with E-state index in [4.69, 9.17) is 23.2 Å². The lowest BCUT2D eigenvalue weighted by molar-refractivity contribution is 0.570. The quantitative estimate of drug-likeness (QED) is 0.911. The molecule has 0 aromatic heterocycles. The summed E-state index contributed by atoms with van der Waals surface area (Å²) < 4.78 is 26.9. The van der Waals surface area contributed by atoms with Crippen LogP contribution in [0.5, 0.6) is 0 Å². The van der Waals surface area contributed by atoms with Gasteiger partial charge in [-0.15, -0.1) is 0 Å². The second kappa shape index (κ2) is 5.23. The highest BCUT2D eigenvalue weighted by Gasteiger charge is 2.22. The van der Waals surface area contributed by atoms with Gasteiger partial charge in [0.05, 0.1) is 10.0 Å². The van der Waals surface area contributed by atoms with E-state index < -0.39 is 10.0 Å². The van der Waals surface area contributed by atoms with Gasteiger partial charge in [-0.25, -0.2) is 13.1 Å². The van der Waals surface area contributed by atoms with E-state index in [-0.39, 0.29) is 21.0 Å². The summed E-state index contributed by atoms with van der Waals surface area (Å²) in [4.78, 5) is -0.0901. The second-order valence-corrected chi connectivity index (χ2v) is 6.86. The van der Waals surface area contributed by atoms with Crippen LogP contribution in [-0.4, -0.2) is 14.5 Å². The normalized spacial score (nSPS) is 12.1. The molecule has 1 aromatic carbocycles. The van der Waals surface area contributed by atoms with Crippen LogP contribution in [0.2, 0.25) is 10.0 Å². The smallest absolute Gasteiger partial charge is 0.209 e. The van der Waals surface area contributed by atoms with Gasteiger partial charge in [-0.3, -0.25) is 0 Å². The molecule has 3 nitrogen and oxygen atoms in total. The first-order valence-electron chi connectivity index (χ1n) is 4.41. The predicted molar refractivity (Wildman–Crippen MR) is 69.6 cm³/mol. The molecular formula is C9H10BrCl2NO2S. The lowest BCUT2D eigenvalue weighted by atomic mass is 10.4. The van der Waals surface area contributed by atoms with E-state index in [1.54, 1.807) is 13.8 Å². The summed E-state index contributed by atoms with van der Waals surface area (Å²) in [5.41, 5.74) is 0. The Morgan fingerprint density at radius 1 is 1.25 bits per heavy atom. The molecule has 0 radical (unpaired) electrons. The summed E-state index contributed by atoms with van der Waals surface area (Å²) in [5, 5.41) is 0.181. The number of benzene rings is 1. The molecular weight excluding hydrogens is 337 g/mol. The van der Waals surface area contributed by atoms with E-state index in [9.17, 15) is 8.42 Å². The zero-order valence-electron chi connectivity index (χ0n) is 8.59. The summed E-state index contributed by atoms with van der Waals surface area (Å²) in [6.45, 7) is 3.44. The average molecular weight is 347 g/mol. The van der Waals surface area contributed by atoms with Crippen LogP contribution in [-0.2, 0) is 10.0 Å². The predicted octanol–water partition coefficient (Wildman–Crippen LogP) is 3.44. The maximum atomic E-state index is 11.9. The van der Waals surface area contributed by atoms with Crippen molar-refractivity contribution in [3.05, 3.63) is 26.7 Å². The van der Waals surface area contributed by atoms with Crippen LogP contribution in [0.1, 0.15) is 13.8 Å². The Labute approximate surface area is 113 Å². The highest BCUT2D eigenvalue weighted by Crippen LogP contribution is 2.32. The molecule has 0 aliphatic heterocycles. The average Bonchev–Trinajstić information content (AvgIpc) is 1.96. The Balaban J connectivity index is 3.34. The van der Waals surface area contributed by atoms with Crippen LogP contribution in [0, 0.1) is 0 Å². The van der Waals surface area contributed by atoms with Gasteiger partial charge in [-0.05, 0) is 26.0 Å². The van der Waals surface area contributed by atoms with Crippen molar-refractivity contribution in [1.82, 2.24) is 4.72 Å². The number of rotatable bonds is 3. The number of sulfonamides is 1. The van der Waals surface area contributed by atoms with E-state index in [2.05, 4.69) is 20.7 Å². The third-order valence-electron chi connectivity index (χ3n) is 1.62. The first kappa shape index (κ1) is 14.3. The molecule has 0 fully saturated rings. The minimum absolute atomic E-state index is 0.0901. The molecule has 0 atom stereocenters. The van der Waals surface area contributed by atoms with Crippen LogP contribution in [0.4, 0.5) is 0 Å². The van der Waals surface area contributed by atoms with Crippen LogP contribution >= 0.6 is 39.1 Å². The van der Waals surface area contributed by atoms with Gasteiger partial charge in [0.15, 0.2) is 0 Å². The molecule has 0 aliphatic rings. The van der Waals surface area contributed by atoms with Gasteiger partial charge in [0.25, 0.3) is 0 Å². The Bertz CT molecular complexity index is 479. The summed E-state index contributed by atoms with van der Waals surface area (Å²) in [6, 6.07) is 2.76. The van der Waals surface area contributed by atoms with Crippen LogP contribution < -0.4 is 4.72 Å². The molecule has 7 heteroatoms. The van der Waals surface area contributed by atoms with Crippen molar-refractivity contribution >= 4 is 49.2 Å². The van der Waals surface area contributed by atoms with Crippen molar-refractivity contribution in [2.45, 2.75) is 24.8 Å². The fraction of sp³-hybridized carbons (Fsp3) is 0.333. The molecule has 0 aliphatic carbocycles. The minimum Gasteiger partial charge on any atom is -0.209 e. The van der Waals surface area contributed by atoms with Gasteiger partial charge in [-0.2, -0.15) is 0 Å². The minimum atomic E-state index is -3.67. The molecule has 0 saturated heterocycles. The van der Waals surface area contributed by atoms with Crippen LogP contribution in [0.15, 0.2) is 21.5 Å². The Morgan fingerprint density at radius 3 is 2.06 bits per heavy atom. The SMILES string of the molecule is CC(C)NS(=O)(=O)c1c(Cl)cc(Br)cc1Cl. The zero-order chi connectivity index (χ0) is 12.5. The Hall–Kier alpha value is 0.190. The van der Waals surface area contributed by atoms with Gasteiger partial charge in [0.1, 0.15) is 4.90 Å². The van der Waals surface area contributed by atoms with Crippen LogP contribution in [0.3, 0.4) is 0 Å². The van der Waals surface area contributed by atoms with Gasteiger partial charge < -0.3 is 0 Å². The Morgan fingerprint density at radius 2 is 1.69 bits per heavy atom. The molecule has 16 heavy (non-hydrogen) atoms. The third kappa shape index (κ3) is 3.34. The highest BCUT2D eigenvalue weighted by molar-refractivity contribution is 9.10. The summed E-state index contributed by atoms with van der Waals surface area (Å²) >= 11 is 14.9. The first-order chi connectivity index (χ1) is 7.24. The van der Waals surface area contributed by atoms with Gasteiger partial charge in [0.2, 0.25) is 10.0 Å². The van der Waals surface area contributed by atoms with E-state index >= 15 is 0 Å². The number of hydrogen-bond acceptors (Lipinski definition) is 2. The van der Waals surface area contributed by atoms with E-state index in [0.29, 0.717) is 4.47 Å². The maximum absolute atomic E-state index is 11.9. The second-order valence-electron chi connectivity index (χ2n) is 3.47. The highest BCUT2D eigenvalue weighted by atomic mass is 79.9. The van der Waals surface area contributed by atoms with Crippen molar-refractivity contribution < 1.29 is 8.42 Å². The van der Waals surface area contributed by atoms with Crippen molar-refractivity contribution in [2.24, 2.45) is 0 Å². The maximum Gasteiger partial charge on any atom is 0.243 e. The molecule has 0 heterocycles. The van der Waals surface area contributed by atoms with Crippen molar-refractivity contribution in [2.75, 3.05) is 0 Å². The lowest BCUT2D eigenvalue weighted by Crippen LogP contribution is -2.30. The fourth-order valence-electron chi connectivity index (χ4n) is 1.15. The molecule has 1 aromatic rings. The fourth-order valence-corrected chi connectivity index (χ4v) is 4.34. The largest absolute Gasteiger partial charge is 0.243 e.